The second-order valence-electron chi connectivity index (χ2n) is 8.13. The number of rotatable bonds is 4. The predicted molar refractivity (Wildman–Crippen MR) is 126 cm³/mol. The van der Waals surface area contributed by atoms with E-state index in [1.165, 1.54) is 18.2 Å². The lowest BCUT2D eigenvalue weighted by molar-refractivity contribution is -0.127. The molecule has 1 aliphatic heterocycles. The van der Waals surface area contributed by atoms with Crippen molar-refractivity contribution in [1.29, 1.82) is 0 Å². The number of ether oxygens (including phenoxy) is 1. The summed E-state index contributed by atoms with van der Waals surface area (Å²) in [6.07, 6.45) is 3.75. The number of carbonyl (C=O) groups excluding carboxylic acids is 1. The summed E-state index contributed by atoms with van der Waals surface area (Å²) in [5.41, 5.74) is 2.83. The summed E-state index contributed by atoms with van der Waals surface area (Å²) in [7, 11) is 0. The maximum atomic E-state index is 14.1. The van der Waals surface area contributed by atoms with E-state index < -0.39 is 11.6 Å². The number of aromatic nitrogens is 1. The number of hydrogen-bond donors (Lipinski definition) is 2. The van der Waals surface area contributed by atoms with Crippen LogP contribution in [0.15, 0.2) is 36.4 Å². The molecule has 2 aromatic carbocycles. The molecule has 5 nitrogen and oxygen atoms in total. The van der Waals surface area contributed by atoms with Crippen LogP contribution in [0.4, 0.5) is 13.2 Å². The van der Waals surface area contributed by atoms with Crippen molar-refractivity contribution in [2.24, 2.45) is 0 Å². The van der Waals surface area contributed by atoms with Gasteiger partial charge in [-0.15, -0.1) is 0 Å². The number of morpholine rings is 1. The summed E-state index contributed by atoms with van der Waals surface area (Å²) in [6, 6.07) is 8.35. The van der Waals surface area contributed by atoms with E-state index in [4.69, 9.17) is 9.84 Å². The van der Waals surface area contributed by atoms with Crippen molar-refractivity contribution in [3.05, 3.63) is 59.4 Å². The van der Waals surface area contributed by atoms with E-state index >= 15 is 0 Å². The number of fused-ring (bicyclic) bond motifs is 1. The molecule has 2 N–H and O–H groups in total. The lowest BCUT2D eigenvalue weighted by atomic mass is 9.78. The summed E-state index contributed by atoms with van der Waals surface area (Å²) in [5, 5.41) is 9.24. The molecule has 1 atom stereocenters. The Kier molecular flexibility index (Phi) is 9.12. The molecule has 1 saturated heterocycles. The monoisotopic (exact) mass is 476 g/mol. The second kappa shape index (κ2) is 12.0. The number of carbonyl (C=O) groups is 1. The van der Waals surface area contributed by atoms with Gasteiger partial charge in [0, 0.05) is 24.5 Å². The van der Waals surface area contributed by atoms with E-state index in [9.17, 15) is 18.0 Å². The highest BCUT2D eigenvalue weighted by molar-refractivity contribution is 5.92. The van der Waals surface area contributed by atoms with E-state index in [0.717, 1.165) is 48.6 Å². The van der Waals surface area contributed by atoms with Crippen molar-refractivity contribution < 1.29 is 27.8 Å². The average molecular weight is 477 g/mol. The van der Waals surface area contributed by atoms with Crippen LogP contribution in [0.1, 0.15) is 44.6 Å². The number of aliphatic hydroxyl groups is 1. The molecule has 5 rings (SSSR count). The molecule has 2 heterocycles. The molecule has 34 heavy (non-hydrogen) atoms. The third-order valence-electron chi connectivity index (χ3n) is 6.03. The van der Waals surface area contributed by atoms with Gasteiger partial charge in [0.25, 0.3) is 0 Å². The normalized spacial score (nSPS) is 17.8. The predicted octanol–water partition coefficient (Wildman–Crippen LogP) is 5.38. The number of benzene rings is 2. The van der Waals surface area contributed by atoms with Crippen LogP contribution in [-0.2, 0) is 9.53 Å². The van der Waals surface area contributed by atoms with Crippen LogP contribution < -0.4 is 0 Å². The molecule has 8 heteroatoms. The fraction of sp³-hybridized carbons (Fsp3) is 0.423. The molecule has 1 amide bonds. The maximum Gasteiger partial charge on any atom is 0.209 e. The first-order valence-corrected chi connectivity index (χ1v) is 11.7. The Balaban J connectivity index is 0.000000228. The molecule has 1 unspecified atom stereocenters. The third kappa shape index (κ3) is 5.80. The molecule has 0 spiro atoms. The molecular weight excluding hydrogens is 445 g/mol. The molecule has 1 aliphatic carbocycles. The van der Waals surface area contributed by atoms with Gasteiger partial charge < -0.3 is 19.7 Å². The molecule has 184 valence electrons. The SMILES string of the molecule is CC.Fc1ccc(-c2[nH]c3c(F)cc(F)cc3c2C2CCC2)cc1.O=CN1CCOC(CO)C1. The van der Waals surface area contributed by atoms with Gasteiger partial charge in [-0.3, -0.25) is 4.79 Å². The number of hydrogen-bond acceptors (Lipinski definition) is 3. The molecule has 2 fully saturated rings. The number of nitrogens with one attached hydrogen (secondary N) is 1. The fourth-order valence-electron chi connectivity index (χ4n) is 4.15. The molecule has 0 bridgehead atoms. The number of aromatic amines is 1. The average Bonchev–Trinajstić information content (AvgIpc) is 3.19. The van der Waals surface area contributed by atoms with Crippen LogP contribution >= 0.6 is 0 Å². The van der Waals surface area contributed by atoms with Crippen LogP contribution in [0.2, 0.25) is 0 Å². The van der Waals surface area contributed by atoms with Gasteiger partial charge >= 0.3 is 0 Å². The van der Waals surface area contributed by atoms with Gasteiger partial charge in [0.1, 0.15) is 17.5 Å². The van der Waals surface area contributed by atoms with Gasteiger partial charge in [-0.25, -0.2) is 13.2 Å². The Bertz CT molecular complexity index is 1080. The van der Waals surface area contributed by atoms with E-state index in [1.807, 2.05) is 13.8 Å². The van der Waals surface area contributed by atoms with Crippen molar-refractivity contribution in [3.63, 3.8) is 0 Å². The number of amides is 1. The van der Waals surface area contributed by atoms with Gasteiger partial charge in [0.15, 0.2) is 0 Å². The molecule has 1 saturated carbocycles. The first-order chi connectivity index (χ1) is 16.5. The van der Waals surface area contributed by atoms with Crippen molar-refractivity contribution >= 4 is 17.3 Å². The zero-order chi connectivity index (χ0) is 24.7. The standard InChI is InChI=1S/C18H14F3N.C6H11NO3.C2H6/c19-12-6-4-11(5-7-12)17-16(10-2-1-3-10)14-8-13(20)9-15(21)18(14)22-17;8-4-6-3-7(5-9)1-2-10-6;1-2/h4-10,22H,1-3H2;5-6,8H,1-4H2;1-2H3. The zero-order valence-corrected chi connectivity index (χ0v) is 19.5. The van der Waals surface area contributed by atoms with Crippen LogP contribution in [0.5, 0.6) is 0 Å². The van der Waals surface area contributed by atoms with Gasteiger partial charge in [0.2, 0.25) is 6.41 Å². The third-order valence-corrected chi connectivity index (χ3v) is 6.03. The molecule has 0 radical (unpaired) electrons. The highest BCUT2D eigenvalue weighted by Gasteiger charge is 2.27. The minimum absolute atomic E-state index is 0.00958. The lowest BCUT2D eigenvalue weighted by Crippen LogP contribution is -2.43. The summed E-state index contributed by atoms with van der Waals surface area (Å²) in [4.78, 5) is 14.9. The van der Waals surface area contributed by atoms with Gasteiger partial charge in [-0.2, -0.15) is 0 Å². The highest BCUT2D eigenvalue weighted by atomic mass is 19.1. The lowest BCUT2D eigenvalue weighted by Gasteiger charge is -2.28. The Morgan fingerprint density at radius 2 is 1.82 bits per heavy atom. The van der Waals surface area contributed by atoms with Crippen molar-refractivity contribution in [2.75, 3.05) is 26.3 Å². The summed E-state index contributed by atoms with van der Waals surface area (Å²) in [6.45, 7) is 5.67. The van der Waals surface area contributed by atoms with Crippen molar-refractivity contribution in [2.45, 2.75) is 45.1 Å². The van der Waals surface area contributed by atoms with E-state index in [-0.39, 0.29) is 18.5 Å². The number of H-pyrrole nitrogens is 1. The van der Waals surface area contributed by atoms with Crippen LogP contribution in [-0.4, -0.2) is 53.8 Å². The van der Waals surface area contributed by atoms with Gasteiger partial charge in [-0.1, -0.05) is 20.3 Å². The summed E-state index contributed by atoms with van der Waals surface area (Å²) < 4.78 is 45.9. The Morgan fingerprint density at radius 3 is 2.41 bits per heavy atom. The molecule has 1 aromatic heterocycles. The number of aliphatic hydroxyl groups excluding tert-OH is 1. The first-order valence-electron chi connectivity index (χ1n) is 11.7. The second-order valence-corrected chi connectivity index (χ2v) is 8.13. The maximum absolute atomic E-state index is 14.1. The first kappa shape index (κ1) is 25.8. The molecule has 3 aromatic rings. The van der Waals surface area contributed by atoms with Crippen molar-refractivity contribution in [1.82, 2.24) is 9.88 Å². The zero-order valence-electron chi connectivity index (χ0n) is 19.5. The Hall–Kier alpha value is -2.84. The smallest absolute Gasteiger partial charge is 0.209 e. The number of nitrogens with zero attached hydrogens (tertiary/aromatic N) is 1. The van der Waals surface area contributed by atoms with Gasteiger partial charge in [-0.05, 0) is 60.2 Å². The number of halogens is 3. The quantitative estimate of drug-likeness (QED) is 0.497. The van der Waals surface area contributed by atoms with Crippen molar-refractivity contribution in [3.8, 4) is 11.3 Å². The minimum atomic E-state index is -0.594. The molecular formula is C26H31F3N2O3. The van der Waals surface area contributed by atoms with Crippen LogP contribution in [0.25, 0.3) is 22.2 Å². The largest absolute Gasteiger partial charge is 0.394 e. The minimum Gasteiger partial charge on any atom is -0.394 e. The van der Waals surface area contributed by atoms with E-state index in [1.54, 1.807) is 17.0 Å². The van der Waals surface area contributed by atoms with Gasteiger partial charge in [0.05, 0.1) is 30.5 Å². The fourth-order valence-corrected chi connectivity index (χ4v) is 4.15. The Labute approximate surface area is 197 Å². The van der Waals surface area contributed by atoms with E-state index in [0.29, 0.717) is 36.5 Å². The topological polar surface area (TPSA) is 65.6 Å². The van der Waals surface area contributed by atoms with Crippen LogP contribution in [0, 0.1) is 17.5 Å². The summed E-state index contributed by atoms with van der Waals surface area (Å²) >= 11 is 0. The molecule has 2 aliphatic rings. The van der Waals surface area contributed by atoms with Crippen LogP contribution in [0.3, 0.4) is 0 Å². The highest BCUT2D eigenvalue weighted by Crippen LogP contribution is 2.45. The van der Waals surface area contributed by atoms with E-state index in [2.05, 4.69) is 4.98 Å². The Morgan fingerprint density at radius 1 is 1.12 bits per heavy atom. The summed E-state index contributed by atoms with van der Waals surface area (Å²) in [5.74, 6) is -1.18.